The number of benzene rings is 2. The minimum absolute atomic E-state index is 0.0750. The Hall–Kier alpha value is -2.40. The molecule has 0 aromatic heterocycles. The molecule has 0 heterocycles. The van der Waals surface area contributed by atoms with Gasteiger partial charge in [0, 0.05) is 11.8 Å². The number of anilines is 1. The summed E-state index contributed by atoms with van der Waals surface area (Å²) in [5, 5.41) is 2.64. The van der Waals surface area contributed by atoms with Crippen molar-refractivity contribution in [3.05, 3.63) is 59.9 Å². The van der Waals surface area contributed by atoms with Gasteiger partial charge in [0.25, 0.3) is 0 Å². The molecule has 3 N–H and O–H groups in total. The third kappa shape index (κ3) is 4.07. The molecule has 0 atom stereocenters. The molecule has 0 bridgehead atoms. The van der Waals surface area contributed by atoms with E-state index in [9.17, 15) is 9.18 Å². The Balaban J connectivity index is 1.99. The molecule has 0 fully saturated rings. The molecule has 0 aliphatic carbocycles. The van der Waals surface area contributed by atoms with Crippen molar-refractivity contribution in [2.45, 2.75) is 6.61 Å². The highest BCUT2D eigenvalue weighted by atomic mass is 19.1. The van der Waals surface area contributed by atoms with Crippen LogP contribution in [0.4, 0.5) is 10.1 Å². The smallest absolute Gasteiger partial charge is 0.238 e. The maximum absolute atomic E-state index is 13.0. The van der Waals surface area contributed by atoms with Crippen LogP contribution in [0.2, 0.25) is 0 Å². The fraction of sp³-hybridized carbons (Fsp3) is 0.133. The van der Waals surface area contributed by atoms with Gasteiger partial charge in [-0.3, -0.25) is 4.79 Å². The van der Waals surface area contributed by atoms with E-state index < -0.39 is 0 Å². The maximum Gasteiger partial charge on any atom is 0.238 e. The van der Waals surface area contributed by atoms with E-state index in [4.69, 9.17) is 10.5 Å². The van der Waals surface area contributed by atoms with Crippen molar-refractivity contribution >= 4 is 11.6 Å². The Morgan fingerprint density at radius 2 is 2.00 bits per heavy atom. The second kappa shape index (κ2) is 6.68. The third-order valence-corrected chi connectivity index (χ3v) is 2.60. The van der Waals surface area contributed by atoms with E-state index in [1.54, 1.807) is 36.4 Å². The van der Waals surface area contributed by atoms with E-state index in [0.717, 1.165) is 5.56 Å². The number of carbonyl (C=O) groups is 1. The summed E-state index contributed by atoms with van der Waals surface area (Å²) in [5.41, 5.74) is 6.57. The number of carbonyl (C=O) groups excluding carboxylic acids is 1. The minimum atomic E-state index is -0.296. The van der Waals surface area contributed by atoms with Gasteiger partial charge in [0.05, 0.1) is 6.54 Å². The highest BCUT2D eigenvalue weighted by Gasteiger charge is 2.02. The average Bonchev–Trinajstić information content (AvgIpc) is 2.45. The average molecular weight is 274 g/mol. The highest BCUT2D eigenvalue weighted by molar-refractivity contribution is 5.92. The lowest BCUT2D eigenvalue weighted by Crippen LogP contribution is -2.21. The molecule has 2 aromatic rings. The number of rotatable bonds is 5. The SMILES string of the molecule is NCC(=O)Nc1cccc(OCc2cccc(F)c2)c1. The van der Waals surface area contributed by atoms with Crippen LogP contribution in [-0.2, 0) is 11.4 Å². The first kappa shape index (κ1) is 14.0. The van der Waals surface area contributed by atoms with Crippen LogP contribution in [-0.4, -0.2) is 12.5 Å². The summed E-state index contributed by atoms with van der Waals surface area (Å²) < 4.78 is 18.6. The van der Waals surface area contributed by atoms with Crippen molar-refractivity contribution in [1.29, 1.82) is 0 Å². The van der Waals surface area contributed by atoms with Crippen molar-refractivity contribution in [1.82, 2.24) is 0 Å². The predicted octanol–water partition coefficient (Wildman–Crippen LogP) is 2.30. The van der Waals surface area contributed by atoms with E-state index in [2.05, 4.69) is 5.32 Å². The second-order valence-electron chi connectivity index (χ2n) is 4.20. The highest BCUT2D eigenvalue weighted by Crippen LogP contribution is 2.18. The molecule has 0 aliphatic heterocycles. The van der Waals surface area contributed by atoms with Crippen molar-refractivity contribution in [3.8, 4) is 5.75 Å². The summed E-state index contributed by atoms with van der Waals surface area (Å²) in [6.45, 7) is 0.181. The van der Waals surface area contributed by atoms with E-state index in [0.29, 0.717) is 11.4 Å². The number of halogens is 1. The molecule has 1 amide bonds. The Labute approximate surface area is 116 Å². The predicted molar refractivity (Wildman–Crippen MR) is 74.9 cm³/mol. The molecular weight excluding hydrogens is 259 g/mol. The molecule has 0 radical (unpaired) electrons. The van der Waals surface area contributed by atoms with E-state index in [-0.39, 0.29) is 24.9 Å². The van der Waals surface area contributed by atoms with Crippen molar-refractivity contribution in [2.75, 3.05) is 11.9 Å². The van der Waals surface area contributed by atoms with Crippen LogP contribution in [0.15, 0.2) is 48.5 Å². The number of ether oxygens (including phenoxy) is 1. The van der Waals surface area contributed by atoms with Gasteiger partial charge in [-0.2, -0.15) is 0 Å². The molecule has 104 valence electrons. The summed E-state index contributed by atoms with van der Waals surface area (Å²) in [6.07, 6.45) is 0. The monoisotopic (exact) mass is 274 g/mol. The first-order valence-electron chi connectivity index (χ1n) is 6.14. The van der Waals surface area contributed by atoms with E-state index in [1.165, 1.54) is 12.1 Å². The summed E-state index contributed by atoms with van der Waals surface area (Å²) >= 11 is 0. The zero-order valence-corrected chi connectivity index (χ0v) is 10.8. The van der Waals surface area contributed by atoms with Gasteiger partial charge in [0.2, 0.25) is 5.91 Å². The standard InChI is InChI=1S/C15H15FN2O2/c16-12-4-1-3-11(7-12)10-20-14-6-2-5-13(8-14)18-15(19)9-17/h1-8H,9-10,17H2,(H,18,19). The molecule has 5 heteroatoms. The van der Waals surface area contributed by atoms with Crippen molar-refractivity contribution in [2.24, 2.45) is 5.73 Å². The van der Waals surface area contributed by atoms with Gasteiger partial charge in [0.15, 0.2) is 0 Å². The van der Waals surface area contributed by atoms with Gasteiger partial charge < -0.3 is 15.8 Å². The normalized spacial score (nSPS) is 10.1. The fourth-order valence-electron chi connectivity index (χ4n) is 1.67. The summed E-state index contributed by atoms with van der Waals surface area (Å²) in [6, 6.07) is 13.2. The van der Waals surface area contributed by atoms with Crippen LogP contribution in [0.5, 0.6) is 5.75 Å². The van der Waals surface area contributed by atoms with E-state index in [1.807, 2.05) is 0 Å². The number of nitrogens with two attached hydrogens (primary N) is 1. The fourth-order valence-corrected chi connectivity index (χ4v) is 1.67. The Kier molecular flexibility index (Phi) is 4.68. The lowest BCUT2D eigenvalue weighted by molar-refractivity contribution is -0.114. The van der Waals surface area contributed by atoms with Crippen LogP contribution >= 0.6 is 0 Å². The maximum atomic E-state index is 13.0. The Morgan fingerprint density at radius 1 is 1.20 bits per heavy atom. The van der Waals surface area contributed by atoms with Gasteiger partial charge in [-0.15, -0.1) is 0 Å². The van der Waals surface area contributed by atoms with Crippen LogP contribution in [0, 0.1) is 5.82 Å². The molecule has 0 spiro atoms. The largest absolute Gasteiger partial charge is 0.489 e. The van der Waals surface area contributed by atoms with Gasteiger partial charge in [-0.05, 0) is 29.8 Å². The molecule has 4 nitrogen and oxygen atoms in total. The van der Waals surface area contributed by atoms with Crippen LogP contribution in [0.25, 0.3) is 0 Å². The molecule has 0 aliphatic rings. The van der Waals surface area contributed by atoms with Crippen LogP contribution < -0.4 is 15.8 Å². The molecule has 20 heavy (non-hydrogen) atoms. The Morgan fingerprint density at radius 3 is 2.75 bits per heavy atom. The molecule has 0 unspecified atom stereocenters. The number of hydrogen-bond acceptors (Lipinski definition) is 3. The lowest BCUT2D eigenvalue weighted by atomic mass is 10.2. The van der Waals surface area contributed by atoms with Gasteiger partial charge in [-0.1, -0.05) is 18.2 Å². The lowest BCUT2D eigenvalue weighted by Gasteiger charge is -2.09. The van der Waals surface area contributed by atoms with Gasteiger partial charge >= 0.3 is 0 Å². The quantitative estimate of drug-likeness (QED) is 0.879. The molecule has 2 rings (SSSR count). The summed E-state index contributed by atoms with van der Waals surface area (Å²) in [4.78, 5) is 11.2. The zero-order valence-electron chi connectivity index (χ0n) is 10.8. The first-order valence-corrected chi connectivity index (χ1v) is 6.14. The molecule has 2 aromatic carbocycles. The second-order valence-corrected chi connectivity index (χ2v) is 4.20. The number of amides is 1. The molecule has 0 saturated heterocycles. The zero-order chi connectivity index (χ0) is 14.4. The van der Waals surface area contributed by atoms with Crippen LogP contribution in [0.3, 0.4) is 0 Å². The summed E-state index contributed by atoms with van der Waals surface area (Å²) in [7, 11) is 0. The Bertz CT molecular complexity index is 602. The van der Waals surface area contributed by atoms with Crippen LogP contribution in [0.1, 0.15) is 5.56 Å². The first-order chi connectivity index (χ1) is 9.67. The topological polar surface area (TPSA) is 64.4 Å². The third-order valence-electron chi connectivity index (χ3n) is 2.60. The van der Waals surface area contributed by atoms with Gasteiger partial charge in [0.1, 0.15) is 18.2 Å². The minimum Gasteiger partial charge on any atom is -0.489 e. The van der Waals surface area contributed by atoms with Crippen molar-refractivity contribution in [3.63, 3.8) is 0 Å². The van der Waals surface area contributed by atoms with E-state index >= 15 is 0 Å². The molecular formula is C15H15FN2O2. The number of nitrogens with one attached hydrogen (secondary N) is 1. The summed E-state index contributed by atoms with van der Waals surface area (Å²) in [5.74, 6) is 0.0198. The molecule has 0 saturated carbocycles. The number of hydrogen-bond donors (Lipinski definition) is 2. The van der Waals surface area contributed by atoms with Gasteiger partial charge in [-0.25, -0.2) is 4.39 Å². The van der Waals surface area contributed by atoms with Crippen molar-refractivity contribution < 1.29 is 13.9 Å².